The van der Waals surface area contributed by atoms with Crippen LogP contribution in [-0.2, 0) is 39.3 Å². The Kier molecular flexibility index (Phi) is 7.30. The van der Waals surface area contributed by atoms with Crippen LogP contribution >= 0.6 is 0 Å². The van der Waals surface area contributed by atoms with E-state index in [2.05, 4.69) is 21.0 Å². The summed E-state index contributed by atoms with van der Waals surface area (Å²) in [5.41, 5.74) is 0.786. The van der Waals surface area contributed by atoms with Gasteiger partial charge in [-0.25, -0.2) is 0 Å². The van der Waals surface area contributed by atoms with Crippen LogP contribution in [-0.4, -0.2) is 35.3 Å². The Morgan fingerprint density at radius 1 is 1.24 bits per heavy atom. The maximum absolute atomic E-state index is 9.71. The molecular weight excluding hydrogens is 291 g/mol. The molecule has 0 heterocycles. The van der Waals surface area contributed by atoms with Gasteiger partial charge in [0, 0.05) is 32.7 Å². The van der Waals surface area contributed by atoms with E-state index in [0.717, 1.165) is 29.4 Å². The molecule has 93 valence electrons. The number of para-hydroxylation sites is 1. The maximum atomic E-state index is 9.71. The molecule has 0 atom stereocenters. The molecule has 0 bridgehead atoms. The van der Waals surface area contributed by atoms with E-state index in [0.29, 0.717) is 6.54 Å². The maximum Gasteiger partial charge on any atom is 0.166 e. The van der Waals surface area contributed by atoms with Gasteiger partial charge in [0.15, 0.2) is 11.5 Å². The zero-order valence-electron chi connectivity index (χ0n) is 10.7. The van der Waals surface area contributed by atoms with Crippen LogP contribution in [0.15, 0.2) is 18.2 Å². The van der Waals surface area contributed by atoms with Gasteiger partial charge in [0.05, 0.1) is 26.2 Å². The monoisotopic (exact) mass is 312 g/mol. The normalized spacial score (nSPS) is 11.0. The number of aromatic hydroxyl groups is 2. The molecule has 0 spiro atoms. The summed E-state index contributed by atoms with van der Waals surface area (Å²) in [6.45, 7) is 5.55. The standard InChI is InChI=1S/C13H21NO2.Y/c1-4-5-9-14(2,3)10-11-7-6-8-12(15)13(11)16;/h6-8,15-16H,1,4-5,9-10H2,2-3H3;. The van der Waals surface area contributed by atoms with Gasteiger partial charge < -0.3 is 21.6 Å². The Morgan fingerprint density at radius 3 is 2.47 bits per heavy atom. The summed E-state index contributed by atoms with van der Waals surface area (Å²) in [5, 5.41) is 19.1. The molecule has 1 aromatic rings. The van der Waals surface area contributed by atoms with Gasteiger partial charge in [-0.3, -0.25) is 0 Å². The van der Waals surface area contributed by atoms with Crippen LogP contribution in [0.5, 0.6) is 11.5 Å². The summed E-state index contributed by atoms with van der Waals surface area (Å²) in [6.07, 6.45) is 1.99. The smallest absolute Gasteiger partial charge is 0.166 e. The van der Waals surface area contributed by atoms with Crippen molar-refractivity contribution in [2.45, 2.75) is 19.4 Å². The van der Waals surface area contributed by atoms with Gasteiger partial charge in [0.2, 0.25) is 0 Å². The van der Waals surface area contributed by atoms with Crippen LogP contribution in [0.3, 0.4) is 0 Å². The molecule has 0 unspecified atom stereocenters. The minimum atomic E-state index is -0.0466. The van der Waals surface area contributed by atoms with Crippen molar-refractivity contribution in [2.75, 3.05) is 20.6 Å². The van der Waals surface area contributed by atoms with Gasteiger partial charge in [-0.05, 0) is 18.6 Å². The fourth-order valence-electron chi connectivity index (χ4n) is 1.79. The topological polar surface area (TPSA) is 40.5 Å². The van der Waals surface area contributed by atoms with Crippen molar-refractivity contribution >= 4 is 0 Å². The summed E-state index contributed by atoms with van der Waals surface area (Å²) in [7, 11) is 4.22. The molecule has 1 rings (SSSR count). The predicted octanol–water partition coefficient (Wildman–Crippen LogP) is 2.29. The van der Waals surface area contributed by atoms with E-state index >= 15 is 0 Å². The molecule has 1 radical (unpaired) electrons. The number of hydrogen-bond donors (Lipinski definition) is 2. The Balaban J connectivity index is 0.00000256. The van der Waals surface area contributed by atoms with E-state index in [9.17, 15) is 10.2 Å². The van der Waals surface area contributed by atoms with E-state index < -0.39 is 0 Å². The van der Waals surface area contributed by atoms with Crippen molar-refractivity contribution in [3.63, 3.8) is 0 Å². The summed E-state index contributed by atoms with van der Waals surface area (Å²) in [4.78, 5) is 0. The molecule has 17 heavy (non-hydrogen) atoms. The van der Waals surface area contributed by atoms with Crippen LogP contribution in [0.4, 0.5) is 0 Å². The molecule has 0 aliphatic carbocycles. The molecule has 1 aromatic carbocycles. The van der Waals surface area contributed by atoms with Crippen LogP contribution < -0.4 is 0 Å². The van der Waals surface area contributed by atoms with E-state index in [1.807, 2.05) is 6.07 Å². The number of benzene rings is 1. The Hall–Kier alpha value is -0.116. The number of unbranched alkanes of at least 4 members (excludes halogenated alkanes) is 1. The summed E-state index contributed by atoms with van der Waals surface area (Å²) in [5.74, 6) is -0.0435. The second-order valence-corrected chi connectivity index (χ2v) is 4.81. The number of phenolic OH excluding ortho intramolecular Hbond substituents is 2. The molecule has 0 saturated carbocycles. The fraction of sp³-hybridized carbons (Fsp3) is 0.462. The molecule has 4 heteroatoms. The first-order chi connectivity index (χ1) is 7.46. The molecule has 0 aliphatic heterocycles. The second kappa shape index (κ2) is 7.35. The SMILES string of the molecule is [CH2-]CCC[N+](C)(C)Cc1cccc(O)c1O.[Y]. The predicted molar refractivity (Wildman–Crippen MR) is 65.0 cm³/mol. The minimum Gasteiger partial charge on any atom is -0.504 e. The molecular formula is C13H21NO2Y. The average molecular weight is 312 g/mol. The third kappa shape index (κ3) is 5.37. The van der Waals surface area contributed by atoms with Crippen molar-refractivity contribution in [2.24, 2.45) is 0 Å². The zero-order chi connectivity index (χ0) is 12.2. The fourth-order valence-corrected chi connectivity index (χ4v) is 1.79. The minimum absolute atomic E-state index is 0. The van der Waals surface area contributed by atoms with Crippen molar-refractivity contribution in [3.05, 3.63) is 30.7 Å². The van der Waals surface area contributed by atoms with Crippen molar-refractivity contribution < 1.29 is 47.4 Å². The molecule has 0 fully saturated rings. The second-order valence-electron chi connectivity index (χ2n) is 4.81. The molecule has 0 aromatic heterocycles. The molecule has 0 aliphatic rings. The molecule has 2 N–H and O–H groups in total. The zero-order valence-corrected chi connectivity index (χ0v) is 13.5. The Bertz CT molecular complexity index is 353. The Labute approximate surface area is 129 Å². The quantitative estimate of drug-likeness (QED) is 0.497. The summed E-state index contributed by atoms with van der Waals surface area (Å²) in [6, 6.07) is 5.10. The number of phenols is 2. The van der Waals surface area contributed by atoms with Crippen LogP contribution in [0.1, 0.15) is 18.4 Å². The third-order valence-corrected chi connectivity index (χ3v) is 2.71. The third-order valence-electron chi connectivity index (χ3n) is 2.71. The largest absolute Gasteiger partial charge is 0.504 e. The summed E-state index contributed by atoms with van der Waals surface area (Å²) < 4.78 is 0.784. The van der Waals surface area contributed by atoms with Crippen LogP contribution in [0.25, 0.3) is 0 Å². The first kappa shape index (κ1) is 16.9. The van der Waals surface area contributed by atoms with Gasteiger partial charge in [-0.1, -0.05) is 6.07 Å². The Morgan fingerprint density at radius 2 is 1.88 bits per heavy atom. The van der Waals surface area contributed by atoms with Crippen LogP contribution in [0, 0.1) is 6.92 Å². The number of nitrogens with zero attached hydrogens (tertiary/aromatic N) is 1. The molecule has 0 saturated heterocycles. The van der Waals surface area contributed by atoms with Crippen LogP contribution in [0.2, 0.25) is 0 Å². The van der Waals surface area contributed by atoms with Crippen molar-refractivity contribution in [3.8, 4) is 11.5 Å². The first-order valence-electron chi connectivity index (χ1n) is 5.57. The van der Waals surface area contributed by atoms with E-state index in [4.69, 9.17) is 0 Å². The number of rotatable bonds is 5. The summed E-state index contributed by atoms with van der Waals surface area (Å²) >= 11 is 0. The molecule has 0 amide bonds. The number of quaternary nitrogens is 1. The van der Waals surface area contributed by atoms with Gasteiger partial charge in [0.1, 0.15) is 6.54 Å². The average Bonchev–Trinajstić information content (AvgIpc) is 2.22. The van der Waals surface area contributed by atoms with E-state index in [-0.39, 0.29) is 44.2 Å². The van der Waals surface area contributed by atoms with Gasteiger partial charge in [-0.2, -0.15) is 6.42 Å². The van der Waals surface area contributed by atoms with Crippen molar-refractivity contribution in [1.29, 1.82) is 0 Å². The van der Waals surface area contributed by atoms with Gasteiger partial charge >= 0.3 is 0 Å². The first-order valence-corrected chi connectivity index (χ1v) is 5.57. The number of hydrogen-bond acceptors (Lipinski definition) is 2. The van der Waals surface area contributed by atoms with E-state index in [1.54, 1.807) is 6.07 Å². The van der Waals surface area contributed by atoms with Gasteiger partial charge in [-0.15, -0.1) is 0 Å². The van der Waals surface area contributed by atoms with Gasteiger partial charge in [0.25, 0.3) is 0 Å². The molecule has 3 nitrogen and oxygen atoms in total. The van der Waals surface area contributed by atoms with Crippen molar-refractivity contribution in [1.82, 2.24) is 0 Å². The van der Waals surface area contributed by atoms with E-state index in [1.165, 1.54) is 6.07 Å².